The number of halogens is 1. The van der Waals surface area contributed by atoms with Crippen molar-refractivity contribution in [1.82, 2.24) is 9.55 Å². The van der Waals surface area contributed by atoms with Crippen molar-refractivity contribution in [2.75, 3.05) is 11.9 Å². The Kier molecular flexibility index (Phi) is 9.33. The van der Waals surface area contributed by atoms with Gasteiger partial charge < -0.3 is 20.4 Å². The number of hydrogen-bond donors (Lipinski definition) is 2. The topological polar surface area (TPSA) is 77.5 Å². The number of guanidine groups is 1. The van der Waals surface area contributed by atoms with Gasteiger partial charge in [-0.1, -0.05) is 0 Å². The van der Waals surface area contributed by atoms with Crippen LogP contribution >= 0.6 is 24.0 Å². The van der Waals surface area contributed by atoms with Crippen LogP contribution in [0.5, 0.6) is 5.75 Å². The molecule has 1 aromatic carbocycles. The molecule has 138 valence electrons. The van der Waals surface area contributed by atoms with Crippen LogP contribution in [0.2, 0.25) is 0 Å². The fourth-order valence-corrected chi connectivity index (χ4v) is 2.31. The van der Waals surface area contributed by atoms with Gasteiger partial charge in [0.2, 0.25) is 0 Å². The maximum atomic E-state index is 5.92. The Hall–Kier alpha value is -1.77. The van der Waals surface area contributed by atoms with Crippen molar-refractivity contribution in [3.63, 3.8) is 0 Å². The Labute approximate surface area is 166 Å². The smallest absolute Gasteiger partial charge is 0.193 e. The second-order valence-electron chi connectivity index (χ2n) is 5.96. The van der Waals surface area contributed by atoms with E-state index in [9.17, 15) is 0 Å². The highest BCUT2D eigenvalue weighted by atomic mass is 127. The van der Waals surface area contributed by atoms with Crippen molar-refractivity contribution < 1.29 is 4.74 Å². The Morgan fingerprint density at radius 1 is 1.28 bits per heavy atom. The van der Waals surface area contributed by atoms with E-state index < -0.39 is 0 Å². The molecule has 0 saturated carbocycles. The normalized spacial score (nSPS) is 11.3. The van der Waals surface area contributed by atoms with E-state index in [1.54, 1.807) is 0 Å². The summed E-state index contributed by atoms with van der Waals surface area (Å²) in [6.45, 7) is 7.69. The summed E-state index contributed by atoms with van der Waals surface area (Å²) in [7, 11) is 0. The lowest BCUT2D eigenvalue weighted by Gasteiger charge is -2.11. The lowest BCUT2D eigenvalue weighted by Crippen LogP contribution is -2.22. The number of anilines is 1. The average molecular weight is 457 g/mol. The summed E-state index contributed by atoms with van der Waals surface area (Å²) < 4.78 is 7.75. The van der Waals surface area contributed by atoms with Crippen molar-refractivity contribution >= 4 is 35.6 Å². The summed E-state index contributed by atoms with van der Waals surface area (Å²) in [5.41, 5.74) is 6.82. The van der Waals surface area contributed by atoms with Crippen LogP contribution in [0.15, 0.2) is 41.7 Å². The van der Waals surface area contributed by atoms with Crippen LogP contribution in [0.4, 0.5) is 5.69 Å². The molecule has 7 heteroatoms. The van der Waals surface area contributed by atoms with E-state index in [1.807, 2.05) is 57.4 Å². The molecule has 1 aromatic heterocycles. The predicted molar refractivity (Wildman–Crippen MR) is 114 cm³/mol. The van der Waals surface area contributed by atoms with Gasteiger partial charge in [0.25, 0.3) is 0 Å². The second kappa shape index (κ2) is 11.0. The number of ether oxygens (including phenoxy) is 1. The zero-order chi connectivity index (χ0) is 17.4. The standard InChI is InChI=1S/C18H27N5O.HI/c1-14(2)24-17-8-6-16(7-9-17)22-18(19)21-10-4-5-12-23-13-11-20-15(23)3;/h6-9,11,13-14H,4-5,10,12H2,1-3H3,(H3,19,21,22);1H. The van der Waals surface area contributed by atoms with Crippen LogP contribution in [-0.4, -0.2) is 28.2 Å². The zero-order valence-corrected chi connectivity index (χ0v) is 17.4. The molecule has 0 bridgehead atoms. The van der Waals surface area contributed by atoms with E-state index in [0.717, 1.165) is 36.6 Å². The number of hydrogen-bond acceptors (Lipinski definition) is 3. The van der Waals surface area contributed by atoms with Gasteiger partial charge >= 0.3 is 0 Å². The van der Waals surface area contributed by atoms with Gasteiger partial charge in [0.05, 0.1) is 6.10 Å². The van der Waals surface area contributed by atoms with Gasteiger partial charge in [-0.3, -0.25) is 4.99 Å². The first-order chi connectivity index (χ1) is 11.5. The Morgan fingerprint density at radius 3 is 2.60 bits per heavy atom. The van der Waals surface area contributed by atoms with Crippen molar-refractivity contribution in [3.8, 4) is 5.75 Å². The number of aromatic nitrogens is 2. The molecule has 0 amide bonds. The number of aryl methyl sites for hydroxylation is 2. The van der Waals surface area contributed by atoms with Crippen molar-refractivity contribution in [3.05, 3.63) is 42.5 Å². The number of benzene rings is 1. The van der Waals surface area contributed by atoms with Crippen molar-refractivity contribution in [1.29, 1.82) is 0 Å². The highest BCUT2D eigenvalue weighted by Gasteiger charge is 2.00. The number of nitrogens with two attached hydrogens (primary N) is 1. The van der Waals surface area contributed by atoms with Gasteiger partial charge in [-0.2, -0.15) is 0 Å². The Balaban J connectivity index is 0.00000312. The van der Waals surface area contributed by atoms with E-state index in [0.29, 0.717) is 12.5 Å². The first-order valence-corrected chi connectivity index (χ1v) is 8.36. The molecule has 2 rings (SSSR count). The van der Waals surface area contributed by atoms with Crippen LogP contribution < -0.4 is 15.8 Å². The minimum Gasteiger partial charge on any atom is -0.491 e. The van der Waals surface area contributed by atoms with Crippen LogP contribution in [-0.2, 0) is 6.54 Å². The molecule has 0 fully saturated rings. The average Bonchev–Trinajstić information content (AvgIpc) is 2.94. The molecule has 2 aromatic rings. The van der Waals surface area contributed by atoms with E-state index in [4.69, 9.17) is 10.5 Å². The number of imidazole rings is 1. The summed E-state index contributed by atoms with van der Waals surface area (Å²) in [6, 6.07) is 7.70. The van der Waals surface area contributed by atoms with Crippen molar-refractivity contribution in [2.24, 2.45) is 10.7 Å². The molecule has 6 nitrogen and oxygen atoms in total. The molecule has 0 radical (unpaired) electrons. The van der Waals surface area contributed by atoms with E-state index >= 15 is 0 Å². The summed E-state index contributed by atoms with van der Waals surface area (Å²) in [6.07, 6.45) is 6.03. The van der Waals surface area contributed by atoms with Gasteiger partial charge in [-0.25, -0.2) is 4.98 Å². The van der Waals surface area contributed by atoms with E-state index in [1.165, 1.54) is 0 Å². The van der Waals surface area contributed by atoms with Gasteiger partial charge in [-0.05, 0) is 57.9 Å². The quantitative estimate of drug-likeness (QED) is 0.274. The van der Waals surface area contributed by atoms with Gasteiger partial charge in [0.1, 0.15) is 11.6 Å². The molecular weight excluding hydrogens is 429 g/mol. The van der Waals surface area contributed by atoms with Crippen LogP contribution in [0, 0.1) is 6.92 Å². The third-order valence-electron chi connectivity index (χ3n) is 3.51. The maximum Gasteiger partial charge on any atom is 0.193 e. The number of nitrogens with one attached hydrogen (secondary N) is 1. The molecule has 25 heavy (non-hydrogen) atoms. The number of aliphatic imine (C=N–C) groups is 1. The summed E-state index contributed by atoms with van der Waals surface area (Å²) in [4.78, 5) is 8.57. The van der Waals surface area contributed by atoms with Crippen LogP contribution in [0.3, 0.4) is 0 Å². The summed E-state index contributed by atoms with van der Waals surface area (Å²) >= 11 is 0. The second-order valence-corrected chi connectivity index (χ2v) is 5.96. The predicted octanol–water partition coefficient (Wildman–Crippen LogP) is 3.80. The Bertz CT molecular complexity index is 652. The molecule has 3 N–H and O–H groups in total. The molecule has 1 heterocycles. The monoisotopic (exact) mass is 457 g/mol. The lowest BCUT2D eigenvalue weighted by atomic mass is 10.3. The summed E-state index contributed by atoms with van der Waals surface area (Å²) in [5, 5.41) is 3.09. The van der Waals surface area contributed by atoms with Gasteiger partial charge in [-0.15, -0.1) is 24.0 Å². The van der Waals surface area contributed by atoms with Gasteiger partial charge in [0, 0.05) is 31.2 Å². The first-order valence-electron chi connectivity index (χ1n) is 8.36. The molecule has 0 saturated heterocycles. The molecule has 0 unspecified atom stereocenters. The zero-order valence-electron chi connectivity index (χ0n) is 15.1. The lowest BCUT2D eigenvalue weighted by molar-refractivity contribution is 0.242. The summed E-state index contributed by atoms with van der Waals surface area (Å²) in [5.74, 6) is 2.33. The molecule has 0 aliphatic carbocycles. The first kappa shape index (κ1) is 21.3. The maximum absolute atomic E-state index is 5.92. The molecule has 0 aliphatic rings. The highest BCUT2D eigenvalue weighted by Crippen LogP contribution is 2.16. The number of rotatable bonds is 8. The molecule has 0 spiro atoms. The highest BCUT2D eigenvalue weighted by molar-refractivity contribution is 14.0. The molecule has 0 atom stereocenters. The fraction of sp³-hybridized carbons (Fsp3) is 0.444. The van der Waals surface area contributed by atoms with Crippen LogP contribution in [0.25, 0.3) is 0 Å². The Morgan fingerprint density at radius 2 is 2.00 bits per heavy atom. The number of unbranched alkanes of at least 4 members (excludes halogenated alkanes) is 1. The third kappa shape index (κ3) is 7.76. The SMILES string of the molecule is Cc1nccn1CCCCN=C(N)Nc1ccc(OC(C)C)cc1.I. The largest absolute Gasteiger partial charge is 0.491 e. The van der Waals surface area contributed by atoms with E-state index in [2.05, 4.69) is 19.9 Å². The van der Waals surface area contributed by atoms with Gasteiger partial charge in [0.15, 0.2) is 5.96 Å². The van der Waals surface area contributed by atoms with Crippen molar-refractivity contribution in [2.45, 2.75) is 46.3 Å². The van der Waals surface area contributed by atoms with Crippen LogP contribution in [0.1, 0.15) is 32.5 Å². The minimum atomic E-state index is 0. The fourth-order valence-electron chi connectivity index (χ4n) is 2.31. The number of nitrogens with zero attached hydrogens (tertiary/aromatic N) is 3. The third-order valence-corrected chi connectivity index (χ3v) is 3.51. The molecule has 0 aliphatic heterocycles. The van der Waals surface area contributed by atoms with E-state index in [-0.39, 0.29) is 30.1 Å². The minimum absolute atomic E-state index is 0. The molecular formula is C18H28IN5O.